The van der Waals surface area contributed by atoms with Crippen LogP contribution in [0.1, 0.15) is 41.6 Å². The summed E-state index contributed by atoms with van der Waals surface area (Å²) in [5.41, 5.74) is 1.21. The molecule has 0 amide bonds. The van der Waals surface area contributed by atoms with Crippen molar-refractivity contribution >= 4 is 11.9 Å². The highest BCUT2D eigenvalue weighted by molar-refractivity contribution is 5.91. The number of benzene rings is 2. The summed E-state index contributed by atoms with van der Waals surface area (Å²) in [6, 6.07) is 15.8. The minimum Gasteiger partial charge on any atom is -0.481 e. The van der Waals surface area contributed by atoms with E-state index in [1.165, 1.54) is 0 Å². The van der Waals surface area contributed by atoms with Crippen LogP contribution in [-0.4, -0.2) is 17.0 Å². The van der Waals surface area contributed by atoms with Crippen LogP contribution in [0.5, 0.6) is 5.75 Å². The number of carboxylic acid groups (broad SMARTS) is 1. The lowest BCUT2D eigenvalue weighted by Gasteiger charge is -2.17. The van der Waals surface area contributed by atoms with Gasteiger partial charge in [0, 0.05) is 0 Å². The standard InChI is InChI=1S/C18H18O4/c1-2-13(12-17(19)20)15-10-6-7-11-16(15)22-18(21)14-8-4-3-5-9-14/h3-11,13H,2,12H2,1H3,(H,19,20)/t13-/m0/s1. The summed E-state index contributed by atoms with van der Waals surface area (Å²) < 4.78 is 5.46. The Morgan fingerprint density at radius 1 is 1.05 bits per heavy atom. The third kappa shape index (κ3) is 3.95. The molecule has 2 aromatic rings. The molecule has 0 aromatic heterocycles. The van der Waals surface area contributed by atoms with Gasteiger partial charge in [-0.1, -0.05) is 43.3 Å². The molecule has 0 fully saturated rings. The van der Waals surface area contributed by atoms with Crippen molar-refractivity contribution in [3.05, 3.63) is 65.7 Å². The van der Waals surface area contributed by atoms with Gasteiger partial charge in [-0.15, -0.1) is 0 Å². The van der Waals surface area contributed by atoms with E-state index in [0.717, 1.165) is 5.56 Å². The lowest BCUT2D eigenvalue weighted by molar-refractivity contribution is -0.137. The van der Waals surface area contributed by atoms with Gasteiger partial charge in [0.05, 0.1) is 12.0 Å². The van der Waals surface area contributed by atoms with E-state index in [9.17, 15) is 9.59 Å². The molecule has 22 heavy (non-hydrogen) atoms. The maximum atomic E-state index is 12.2. The van der Waals surface area contributed by atoms with Crippen molar-refractivity contribution in [3.63, 3.8) is 0 Å². The number of hydrogen-bond acceptors (Lipinski definition) is 3. The van der Waals surface area contributed by atoms with Crippen LogP contribution in [0.25, 0.3) is 0 Å². The van der Waals surface area contributed by atoms with E-state index in [2.05, 4.69) is 0 Å². The Labute approximate surface area is 129 Å². The minimum absolute atomic E-state index is 0.0103. The number of aliphatic carboxylic acids is 1. The molecule has 2 aromatic carbocycles. The van der Waals surface area contributed by atoms with Gasteiger partial charge < -0.3 is 9.84 Å². The van der Waals surface area contributed by atoms with Gasteiger partial charge in [-0.2, -0.15) is 0 Å². The summed E-state index contributed by atoms with van der Waals surface area (Å²) in [6.07, 6.45) is 0.669. The van der Waals surface area contributed by atoms with Gasteiger partial charge in [0.15, 0.2) is 0 Å². The molecule has 0 bridgehead atoms. The van der Waals surface area contributed by atoms with E-state index in [4.69, 9.17) is 9.84 Å². The first kappa shape index (κ1) is 15.8. The number of hydrogen-bond donors (Lipinski definition) is 1. The van der Waals surface area contributed by atoms with Crippen molar-refractivity contribution in [3.8, 4) is 5.75 Å². The minimum atomic E-state index is -0.865. The second-order valence-electron chi connectivity index (χ2n) is 5.00. The molecule has 0 saturated carbocycles. The monoisotopic (exact) mass is 298 g/mol. The van der Waals surface area contributed by atoms with Crippen LogP contribution in [0.2, 0.25) is 0 Å². The molecule has 4 heteroatoms. The number of carbonyl (C=O) groups is 2. The Morgan fingerprint density at radius 2 is 1.68 bits per heavy atom. The van der Waals surface area contributed by atoms with Crippen molar-refractivity contribution < 1.29 is 19.4 Å². The largest absolute Gasteiger partial charge is 0.481 e. The molecule has 0 aliphatic rings. The molecule has 1 N–H and O–H groups in total. The quantitative estimate of drug-likeness (QED) is 0.649. The first-order valence-corrected chi connectivity index (χ1v) is 7.19. The van der Waals surface area contributed by atoms with Crippen molar-refractivity contribution in [1.82, 2.24) is 0 Å². The summed E-state index contributed by atoms with van der Waals surface area (Å²) in [7, 11) is 0. The Hall–Kier alpha value is -2.62. The van der Waals surface area contributed by atoms with E-state index < -0.39 is 11.9 Å². The van der Waals surface area contributed by atoms with Gasteiger partial charge >= 0.3 is 11.9 Å². The SMILES string of the molecule is CC[C@@H](CC(=O)O)c1ccccc1OC(=O)c1ccccc1. The highest BCUT2D eigenvalue weighted by Gasteiger charge is 2.19. The van der Waals surface area contributed by atoms with Crippen molar-refractivity contribution in [2.24, 2.45) is 0 Å². The van der Waals surface area contributed by atoms with Crippen LogP contribution < -0.4 is 4.74 Å². The molecule has 0 spiro atoms. The first-order chi connectivity index (χ1) is 10.6. The molecular weight excluding hydrogens is 280 g/mol. The molecule has 0 radical (unpaired) electrons. The lowest BCUT2D eigenvalue weighted by Crippen LogP contribution is -2.12. The van der Waals surface area contributed by atoms with E-state index >= 15 is 0 Å². The fourth-order valence-corrected chi connectivity index (χ4v) is 2.33. The number of esters is 1. The predicted molar refractivity (Wildman–Crippen MR) is 83.1 cm³/mol. The molecule has 2 rings (SSSR count). The van der Waals surface area contributed by atoms with E-state index in [1.807, 2.05) is 25.1 Å². The average molecular weight is 298 g/mol. The number of ether oxygens (including phenoxy) is 1. The van der Waals surface area contributed by atoms with Crippen LogP contribution in [0.3, 0.4) is 0 Å². The molecular formula is C18H18O4. The number of carboxylic acids is 1. The maximum Gasteiger partial charge on any atom is 0.343 e. The zero-order chi connectivity index (χ0) is 15.9. The Bertz CT molecular complexity index is 649. The summed E-state index contributed by atoms with van der Waals surface area (Å²) in [5.74, 6) is -1.07. The molecule has 0 heterocycles. The highest BCUT2D eigenvalue weighted by atomic mass is 16.5. The van der Waals surface area contributed by atoms with E-state index in [1.54, 1.807) is 36.4 Å². The van der Waals surface area contributed by atoms with Crippen LogP contribution in [-0.2, 0) is 4.79 Å². The van der Waals surface area contributed by atoms with Crippen molar-refractivity contribution in [2.75, 3.05) is 0 Å². The third-order valence-corrected chi connectivity index (χ3v) is 3.48. The van der Waals surface area contributed by atoms with E-state index in [-0.39, 0.29) is 12.3 Å². The van der Waals surface area contributed by atoms with Crippen LogP contribution >= 0.6 is 0 Å². The summed E-state index contributed by atoms with van der Waals surface area (Å²) in [4.78, 5) is 23.2. The summed E-state index contributed by atoms with van der Waals surface area (Å²) in [6.45, 7) is 1.92. The highest BCUT2D eigenvalue weighted by Crippen LogP contribution is 2.31. The average Bonchev–Trinajstić information content (AvgIpc) is 2.54. The van der Waals surface area contributed by atoms with Crippen LogP contribution in [0.15, 0.2) is 54.6 Å². The normalized spacial score (nSPS) is 11.7. The Balaban J connectivity index is 2.24. The van der Waals surface area contributed by atoms with Gasteiger partial charge in [0.1, 0.15) is 5.75 Å². The molecule has 0 saturated heterocycles. The second-order valence-corrected chi connectivity index (χ2v) is 5.00. The molecule has 1 atom stereocenters. The van der Waals surface area contributed by atoms with Crippen molar-refractivity contribution in [2.45, 2.75) is 25.7 Å². The predicted octanol–water partition coefficient (Wildman–Crippen LogP) is 3.87. The third-order valence-electron chi connectivity index (χ3n) is 3.48. The van der Waals surface area contributed by atoms with Crippen LogP contribution in [0.4, 0.5) is 0 Å². The molecule has 0 aliphatic carbocycles. The van der Waals surface area contributed by atoms with Gasteiger partial charge in [-0.3, -0.25) is 4.79 Å². The van der Waals surface area contributed by atoms with Gasteiger partial charge in [-0.25, -0.2) is 4.79 Å². The summed E-state index contributed by atoms with van der Waals surface area (Å²) in [5, 5.41) is 9.02. The number of rotatable bonds is 6. The molecule has 0 aliphatic heterocycles. The Kier molecular flexibility index (Phi) is 5.31. The zero-order valence-electron chi connectivity index (χ0n) is 12.4. The molecule has 0 unspecified atom stereocenters. The smallest absolute Gasteiger partial charge is 0.343 e. The first-order valence-electron chi connectivity index (χ1n) is 7.19. The van der Waals surface area contributed by atoms with Gasteiger partial charge in [-0.05, 0) is 36.1 Å². The number of carbonyl (C=O) groups excluding carboxylic acids is 1. The van der Waals surface area contributed by atoms with Crippen molar-refractivity contribution in [1.29, 1.82) is 0 Å². The van der Waals surface area contributed by atoms with E-state index in [0.29, 0.717) is 17.7 Å². The second kappa shape index (κ2) is 7.41. The topological polar surface area (TPSA) is 63.6 Å². The molecule has 4 nitrogen and oxygen atoms in total. The summed E-state index contributed by atoms with van der Waals surface area (Å²) >= 11 is 0. The number of para-hydroxylation sites is 1. The fourth-order valence-electron chi connectivity index (χ4n) is 2.33. The molecule has 114 valence electrons. The lowest BCUT2D eigenvalue weighted by atomic mass is 9.92. The van der Waals surface area contributed by atoms with Gasteiger partial charge in [0.25, 0.3) is 0 Å². The van der Waals surface area contributed by atoms with Gasteiger partial charge in [0.2, 0.25) is 0 Å². The fraction of sp³-hybridized carbons (Fsp3) is 0.222. The Morgan fingerprint density at radius 3 is 2.32 bits per heavy atom. The van der Waals surface area contributed by atoms with Crippen LogP contribution in [0, 0.1) is 0 Å². The zero-order valence-corrected chi connectivity index (χ0v) is 12.4. The maximum absolute atomic E-state index is 12.2.